The van der Waals surface area contributed by atoms with Crippen LogP contribution in [-0.4, -0.2) is 36.6 Å². The quantitative estimate of drug-likeness (QED) is 0.859. The summed E-state index contributed by atoms with van der Waals surface area (Å²) in [6, 6.07) is 9.64. The minimum Gasteiger partial charge on any atom is -0.315 e. The van der Waals surface area contributed by atoms with Crippen molar-refractivity contribution >= 4 is 0 Å². The smallest absolute Gasteiger partial charge is 0.0309 e. The fourth-order valence-electron chi connectivity index (χ4n) is 3.54. The maximum Gasteiger partial charge on any atom is 0.0309 e. The highest BCUT2D eigenvalue weighted by Crippen LogP contribution is 2.26. The molecular weight excluding hydrogens is 256 g/mol. The second kappa shape index (κ2) is 7.42. The molecule has 1 aliphatic rings. The van der Waals surface area contributed by atoms with E-state index in [1.807, 2.05) is 0 Å². The highest BCUT2D eigenvalue weighted by molar-refractivity contribution is 5.24. The van der Waals surface area contributed by atoms with E-state index in [0.717, 1.165) is 12.8 Å². The molecule has 1 unspecified atom stereocenters. The molecule has 1 fully saturated rings. The Morgan fingerprint density at radius 3 is 2.14 bits per heavy atom. The number of likely N-dealkylation sites (N-methyl/N-ethyl adjacent to an activating group) is 1. The summed E-state index contributed by atoms with van der Waals surface area (Å²) >= 11 is 0. The monoisotopic (exact) mass is 288 g/mol. The predicted molar refractivity (Wildman–Crippen MR) is 91.9 cm³/mol. The van der Waals surface area contributed by atoms with Crippen LogP contribution in [0.15, 0.2) is 24.3 Å². The summed E-state index contributed by atoms with van der Waals surface area (Å²) in [5.74, 6) is 0. The van der Waals surface area contributed by atoms with Gasteiger partial charge in [-0.25, -0.2) is 0 Å². The average molecular weight is 288 g/mol. The third kappa shape index (κ3) is 4.08. The molecule has 118 valence electrons. The van der Waals surface area contributed by atoms with E-state index in [9.17, 15) is 0 Å². The van der Waals surface area contributed by atoms with Crippen LogP contribution in [-0.2, 0) is 12.8 Å². The zero-order chi connectivity index (χ0) is 15.3. The van der Waals surface area contributed by atoms with Gasteiger partial charge >= 0.3 is 0 Å². The van der Waals surface area contributed by atoms with Gasteiger partial charge in [-0.3, -0.25) is 4.90 Å². The molecular formula is C19H32N2. The molecule has 2 rings (SSSR count). The van der Waals surface area contributed by atoms with Crippen LogP contribution in [0.25, 0.3) is 0 Å². The second-order valence-corrected chi connectivity index (χ2v) is 6.92. The largest absolute Gasteiger partial charge is 0.315 e. The van der Waals surface area contributed by atoms with Crippen LogP contribution in [0.5, 0.6) is 0 Å². The lowest BCUT2D eigenvalue weighted by Crippen LogP contribution is -2.59. The molecule has 0 aromatic heterocycles. The number of likely N-dealkylation sites (tertiary alicyclic amines) is 1. The molecule has 0 aliphatic carbocycles. The van der Waals surface area contributed by atoms with Gasteiger partial charge in [-0.1, -0.05) is 37.6 Å². The molecule has 1 atom stereocenters. The van der Waals surface area contributed by atoms with Crippen molar-refractivity contribution in [2.75, 3.05) is 20.1 Å². The lowest BCUT2D eigenvalue weighted by Gasteiger charge is -2.46. The molecule has 2 nitrogen and oxygen atoms in total. The van der Waals surface area contributed by atoms with E-state index < -0.39 is 0 Å². The number of nitrogens with one attached hydrogen (secondary N) is 1. The summed E-state index contributed by atoms with van der Waals surface area (Å²) < 4.78 is 0. The number of rotatable bonds is 6. The highest BCUT2D eigenvalue weighted by atomic mass is 15.2. The number of piperidine rings is 1. The first-order chi connectivity index (χ1) is 10.1. The van der Waals surface area contributed by atoms with E-state index in [-0.39, 0.29) is 5.54 Å². The average Bonchev–Trinajstić information content (AvgIpc) is 2.53. The topological polar surface area (TPSA) is 15.3 Å². The van der Waals surface area contributed by atoms with Crippen molar-refractivity contribution in [2.45, 2.75) is 64.5 Å². The molecule has 1 aliphatic heterocycles. The van der Waals surface area contributed by atoms with E-state index in [4.69, 9.17) is 0 Å². The first-order valence-electron chi connectivity index (χ1n) is 8.58. The Labute approximate surface area is 130 Å². The Morgan fingerprint density at radius 1 is 1.05 bits per heavy atom. The molecule has 0 saturated carbocycles. The van der Waals surface area contributed by atoms with Gasteiger partial charge in [-0.15, -0.1) is 0 Å². The maximum absolute atomic E-state index is 3.58. The van der Waals surface area contributed by atoms with Gasteiger partial charge in [0.05, 0.1) is 0 Å². The highest BCUT2D eigenvalue weighted by Gasteiger charge is 2.35. The van der Waals surface area contributed by atoms with Crippen LogP contribution < -0.4 is 5.32 Å². The van der Waals surface area contributed by atoms with E-state index in [0.29, 0.717) is 6.04 Å². The van der Waals surface area contributed by atoms with Gasteiger partial charge in [-0.05, 0) is 70.8 Å². The standard InChI is InChI=1S/C19H32N2/c1-5-16-9-11-17(12-10-16)15-18(20-4)19(2,3)21-13-7-6-8-14-21/h9-12,18,20H,5-8,13-15H2,1-4H3. The Bertz CT molecular complexity index is 416. The molecule has 0 amide bonds. The summed E-state index contributed by atoms with van der Waals surface area (Å²) in [5.41, 5.74) is 3.07. The SMILES string of the molecule is CCc1ccc(CC(NC)C(C)(C)N2CCCCC2)cc1. The van der Waals surface area contributed by atoms with Crippen molar-refractivity contribution in [3.05, 3.63) is 35.4 Å². The summed E-state index contributed by atoms with van der Waals surface area (Å²) in [5, 5.41) is 3.58. The van der Waals surface area contributed by atoms with Crippen LogP contribution in [0.1, 0.15) is 51.2 Å². The fourth-order valence-corrected chi connectivity index (χ4v) is 3.54. The molecule has 1 saturated heterocycles. The van der Waals surface area contributed by atoms with Crippen molar-refractivity contribution in [3.63, 3.8) is 0 Å². The number of benzene rings is 1. The molecule has 0 bridgehead atoms. The van der Waals surface area contributed by atoms with Crippen molar-refractivity contribution in [2.24, 2.45) is 0 Å². The Morgan fingerprint density at radius 2 is 1.62 bits per heavy atom. The molecule has 1 aromatic carbocycles. The fraction of sp³-hybridized carbons (Fsp3) is 0.684. The van der Waals surface area contributed by atoms with Crippen molar-refractivity contribution in [3.8, 4) is 0 Å². The Balaban J connectivity index is 2.06. The van der Waals surface area contributed by atoms with Crippen LogP contribution in [0.4, 0.5) is 0 Å². The molecule has 21 heavy (non-hydrogen) atoms. The van der Waals surface area contributed by atoms with Gasteiger partial charge in [0.2, 0.25) is 0 Å². The molecule has 0 radical (unpaired) electrons. The normalized spacial score (nSPS) is 18.7. The first-order valence-corrected chi connectivity index (χ1v) is 8.58. The van der Waals surface area contributed by atoms with Gasteiger partial charge in [0, 0.05) is 11.6 Å². The van der Waals surface area contributed by atoms with Gasteiger partial charge in [-0.2, -0.15) is 0 Å². The van der Waals surface area contributed by atoms with Crippen molar-refractivity contribution in [1.82, 2.24) is 10.2 Å². The van der Waals surface area contributed by atoms with Crippen molar-refractivity contribution in [1.29, 1.82) is 0 Å². The van der Waals surface area contributed by atoms with Crippen LogP contribution in [0.2, 0.25) is 0 Å². The Hall–Kier alpha value is -0.860. The Kier molecular flexibility index (Phi) is 5.83. The zero-order valence-corrected chi connectivity index (χ0v) is 14.3. The lowest BCUT2D eigenvalue weighted by atomic mass is 9.86. The van der Waals surface area contributed by atoms with Gasteiger partial charge in [0.15, 0.2) is 0 Å². The number of aryl methyl sites for hydroxylation is 1. The molecule has 1 aromatic rings. The van der Waals surface area contributed by atoms with E-state index in [1.54, 1.807) is 0 Å². The third-order valence-electron chi connectivity index (χ3n) is 5.24. The predicted octanol–water partition coefficient (Wildman–Crippen LogP) is 3.64. The van der Waals surface area contributed by atoms with Gasteiger partial charge in [0.25, 0.3) is 0 Å². The summed E-state index contributed by atoms with van der Waals surface area (Å²) in [7, 11) is 2.11. The maximum atomic E-state index is 3.58. The summed E-state index contributed by atoms with van der Waals surface area (Å²) in [6.07, 6.45) is 6.32. The summed E-state index contributed by atoms with van der Waals surface area (Å²) in [4.78, 5) is 2.68. The number of nitrogens with zero attached hydrogens (tertiary/aromatic N) is 1. The second-order valence-electron chi connectivity index (χ2n) is 6.92. The molecule has 2 heteroatoms. The zero-order valence-electron chi connectivity index (χ0n) is 14.3. The van der Waals surface area contributed by atoms with Crippen LogP contribution in [0, 0.1) is 0 Å². The minimum absolute atomic E-state index is 0.207. The van der Waals surface area contributed by atoms with E-state index >= 15 is 0 Å². The first kappa shape index (κ1) is 16.5. The molecule has 0 spiro atoms. The van der Waals surface area contributed by atoms with Crippen LogP contribution in [0.3, 0.4) is 0 Å². The molecule has 1 N–H and O–H groups in total. The van der Waals surface area contributed by atoms with E-state index in [2.05, 4.69) is 62.3 Å². The van der Waals surface area contributed by atoms with Gasteiger partial charge < -0.3 is 5.32 Å². The van der Waals surface area contributed by atoms with Crippen LogP contribution >= 0.6 is 0 Å². The minimum atomic E-state index is 0.207. The van der Waals surface area contributed by atoms with Crippen molar-refractivity contribution < 1.29 is 0 Å². The lowest BCUT2D eigenvalue weighted by molar-refractivity contribution is 0.0635. The van der Waals surface area contributed by atoms with Gasteiger partial charge in [0.1, 0.15) is 0 Å². The van der Waals surface area contributed by atoms with E-state index in [1.165, 1.54) is 43.5 Å². The summed E-state index contributed by atoms with van der Waals surface area (Å²) in [6.45, 7) is 9.52. The third-order valence-corrected chi connectivity index (χ3v) is 5.24. The number of hydrogen-bond acceptors (Lipinski definition) is 2. The number of hydrogen-bond donors (Lipinski definition) is 1. The molecule has 1 heterocycles.